The van der Waals surface area contributed by atoms with Crippen molar-refractivity contribution in [2.24, 2.45) is 0 Å². The first-order valence-corrected chi connectivity index (χ1v) is 13.8. The van der Waals surface area contributed by atoms with Crippen LogP contribution >= 0.6 is 11.6 Å². The zero-order valence-corrected chi connectivity index (χ0v) is 23.8. The van der Waals surface area contributed by atoms with Crippen molar-refractivity contribution in [2.75, 3.05) is 11.5 Å². The van der Waals surface area contributed by atoms with Crippen molar-refractivity contribution >= 4 is 41.2 Å². The molecule has 218 valence electrons. The van der Waals surface area contributed by atoms with Crippen LogP contribution in [-0.4, -0.2) is 29.6 Å². The van der Waals surface area contributed by atoms with Gasteiger partial charge in [-0.2, -0.15) is 0 Å². The number of nitrogens with zero attached hydrogens (tertiary/aromatic N) is 1. The van der Waals surface area contributed by atoms with Crippen molar-refractivity contribution in [3.05, 3.63) is 118 Å². The van der Waals surface area contributed by atoms with Crippen molar-refractivity contribution in [1.29, 1.82) is 0 Å². The lowest BCUT2D eigenvalue weighted by Crippen LogP contribution is -2.54. The average Bonchev–Trinajstić information content (AvgIpc) is 3.00. The lowest BCUT2D eigenvalue weighted by atomic mass is 10.1. The van der Waals surface area contributed by atoms with Crippen LogP contribution in [0.15, 0.2) is 96.6 Å². The summed E-state index contributed by atoms with van der Waals surface area (Å²) in [6, 6.07) is 24.7. The van der Waals surface area contributed by atoms with E-state index >= 15 is 0 Å². The third-order valence-corrected chi connectivity index (χ3v) is 6.66. The second-order valence-corrected chi connectivity index (χ2v) is 9.87. The Kier molecular flexibility index (Phi) is 8.93. The van der Waals surface area contributed by atoms with Crippen molar-refractivity contribution < 1.29 is 33.7 Å². The highest BCUT2D eigenvalue weighted by atomic mass is 35.5. The minimum absolute atomic E-state index is 0.0381. The Morgan fingerprint density at radius 1 is 0.791 bits per heavy atom. The van der Waals surface area contributed by atoms with E-state index in [0.717, 1.165) is 16.0 Å². The van der Waals surface area contributed by atoms with Crippen LogP contribution in [-0.2, 0) is 22.8 Å². The maximum absolute atomic E-state index is 13.3. The van der Waals surface area contributed by atoms with E-state index in [9.17, 15) is 19.5 Å². The molecule has 5 rings (SSSR count). The molecule has 4 aromatic rings. The molecule has 1 aliphatic rings. The highest BCUT2D eigenvalue weighted by Crippen LogP contribution is 2.32. The summed E-state index contributed by atoms with van der Waals surface area (Å²) in [5.41, 5.74) is 2.07. The first-order chi connectivity index (χ1) is 20.8. The van der Waals surface area contributed by atoms with Gasteiger partial charge in [-0.15, -0.1) is 0 Å². The van der Waals surface area contributed by atoms with Gasteiger partial charge in [0.2, 0.25) is 0 Å². The zero-order chi connectivity index (χ0) is 30.3. The molecule has 0 unspecified atom stereocenters. The predicted molar refractivity (Wildman–Crippen MR) is 161 cm³/mol. The monoisotopic (exact) mass is 598 g/mol. The minimum Gasteiger partial charge on any atom is -0.508 e. The molecule has 1 fully saturated rings. The summed E-state index contributed by atoms with van der Waals surface area (Å²) < 4.78 is 17.9. The number of nitrogens with one attached hydrogen (secondary N) is 1. The molecule has 1 saturated heterocycles. The normalized spacial score (nSPS) is 14.0. The van der Waals surface area contributed by atoms with E-state index in [2.05, 4.69) is 5.32 Å². The molecule has 4 aromatic carbocycles. The van der Waals surface area contributed by atoms with E-state index in [1.165, 1.54) is 30.3 Å². The summed E-state index contributed by atoms with van der Waals surface area (Å²) in [6.07, 6.45) is 1.32. The molecule has 0 aliphatic carbocycles. The smallest absolute Gasteiger partial charge is 0.335 e. The first kappa shape index (κ1) is 29.2. The molecule has 10 heteroatoms. The van der Waals surface area contributed by atoms with Gasteiger partial charge in [-0.25, -0.2) is 9.69 Å². The SMILES string of the molecule is CCOc1cc(COc2ccc(Cl)cc2/C=C2/C(=O)NC(=O)N(c3ccc(O)cc3)C2=O)ccc1OCc1ccccc1. The number of rotatable bonds is 10. The summed E-state index contributed by atoms with van der Waals surface area (Å²) in [5.74, 6) is -0.208. The van der Waals surface area contributed by atoms with Crippen LogP contribution in [0.4, 0.5) is 10.5 Å². The number of ether oxygens (including phenoxy) is 3. The van der Waals surface area contributed by atoms with Gasteiger partial charge in [-0.3, -0.25) is 14.9 Å². The number of aromatic hydroxyl groups is 1. The van der Waals surface area contributed by atoms with Crippen molar-refractivity contribution in [2.45, 2.75) is 20.1 Å². The fourth-order valence-electron chi connectivity index (χ4n) is 4.34. The van der Waals surface area contributed by atoms with Gasteiger partial charge in [-0.1, -0.05) is 48.0 Å². The van der Waals surface area contributed by atoms with Crippen molar-refractivity contribution in [3.63, 3.8) is 0 Å². The molecule has 0 aromatic heterocycles. The van der Waals surface area contributed by atoms with Crippen LogP contribution in [0.25, 0.3) is 6.08 Å². The number of amides is 4. The largest absolute Gasteiger partial charge is 0.508 e. The van der Waals surface area contributed by atoms with Crippen LogP contribution in [0.1, 0.15) is 23.6 Å². The van der Waals surface area contributed by atoms with E-state index in [1.807, 2.05) is 55.5 Å². The van der Waals surface area contributed by atoms with E-state index in [0.29, 0.717) is 41.0 Å². The standard InChI is InChI=1S/C33H27ClN2O7/c1-2-41-30-16-22(8-14-29(30)43-19-21-6-4-3-5-7-21)20-42-28-15-9-24(34)17-23(28)18-27-31(38)35-33(40)36(32(27)39)25-10-12-26(37)13-11-25/h3-18,37H,2,19-20H2,1H3,(H,35,38,40)/b27-18-. The third-order valence-electron chi connectivity index (χ3n) is 6.42. The summed E-state index contributed by atoms with van der Waals surface area (Å²) >= 11 is 6.24. The number of phenols is 1. The van der Waals surface area contributed by atoms with Gasteiger partial charge in [0.05, 0.1) is 12.3 Å². The highest BCUT2D eigenvalue weighted by Gasteiger charge is 2.37. The summed E-state index contributed by atoms with van der Waals surface area (Å²) in [4.78, 5) is 39.3. The van der Waals surface area contributed by atoms with Gasteiger partial charge in [0.1, 0.15) is 30.3 Å². The Morgan fingerprint density at radius 2 is 1.49 bits per heavy atom. The first-order valence-electron chi connectivity index (χ1n) is 13.4. The van der Waals surface area contributed by atoms with Gasteiger partial charge in [0.15, 0.2) is 11.5 Å². The molecule has 9 nitrogen and oxygen atoms in total. The van der Waals surface area contributed by atoms with Gasteiger partial charge < -0.3 is 19.3 Å². The lowest BCUT2D eigenvalue weighted by Gasteiger charge is -2.26. The molecular formula is C33H27ClN2O7. The number of urea groups is 1. The second kappa shape index (κ2) is 13.1. The number of carbonyl (C=O) groups excluding carboxylic acids is 3. The topological polar surface area (TPSA) is 114 Å². The van der Waals surface area contributed by atoms with Gasteiger partial charge >= 0.3 is 6.03 Å². The lowest BCUT2D eigenvalue weighted by molar-refractivity contribution is -0.122. The molecule has 4 amide bonds. The quantitative estimate of drug-likeness (QED) is 0.163. The van der Waals surface area contributed by atoms with Crippen LogP contribution < -0.4 is 24.4 Å². The van der Waals surface area contributed by atoms with Gasteiger partial charge in [0, 0.05) is 10.6 Å². The molecule has 1 aliphatic heterocycles. The fraction of sp³-hybridized carbons (Fsp3) is 0.121. The fourth-order valence-corrected chi connectivity index (χ4v) is 4.52. The van der Waals surface area contributed by atoms with E-state index in [-0.39, 0.29) is 23.6 Å². The number of carbonyl (C=O) groups is 3. The van der Waals surface area contributed by atoms with Gasteiger partial charge in [0.25, 0.3) is 11.8 Å². The van der Waals surface area contributed by atoms with E-state index < -0.39 is 17.8 Å². The third kappa shape index (κ3) is 6.97. The van der Waals surface area contributed by atoms with E-state index in [4.69, 9.17) is 25.8 Å². The van der Waals surface area contributed by atoms with Crippen molar-refractivity contribution in [1.82, 2.24) is 5.32 Å². The molecule has 0 radical (unpaired) electrons. The molecule has 0 spiro atoms. The Labute approximate surface area is 252 Å². The predicted octanol–water partition coefficient (Wildman–Crippen LogP) is 6.27. The van der Waals surface area contributed by atoms with Crippen LogP contribution in [0.3, 0.4) is 0 Å². The molecule has 1 heterocycles. The molecule has 2 N–H and O–H groups in total. The molecule has 43 heavy (non-hydrogen) atoms. The molecule has 0 atom stereocenters. The second-order valence-electron chi connectivity index (χ2n) is 9.43. The summed E-state index contributed by atoms with van der Waals surface area (Å²) in [5, 5.41) is 12.1. The summed E-state index contributed by atoms with van der Waals surface area (Å²) in [7, 11) is 0. The Balaban J connectivity index is 1.36. The molecule has 0 saturated carbocycles. The van der Waals surface area contributed by atoms with Crippen LogP contribution in [0.5, 0.6) is 23.0 Å². The maximum Gasteiger partial charge on any atom is 0.335 e. The number of hydrogen-bond donors (Lipinski definition) is 2. The Morgan fingerprint density at radius 3 is 2.23 bits per heavy atom. The molecule has 0 bridgehead atoms. The number of benzene rings is 4. The Hall–Kier alpha value is -5.28. The van der Waals surface area contributed by atoms with Gasteiger partial charge in [-0.05, 0) is 78.7 Å². The highest BCUT2D eigenvalue weighted by molar-refractivity contribution is 6.39. The van der Waals surface area contributed by atoms with E-state index in [1.54, 1.807) is 18.2 Å². The number of halogens is 1. The average molecular weight is 599 g/mol. The number of imide groups is 2. The molecular weight excluding hydrogens is 572 g/mol. The van der Waals surface area contributed by atoms with Crippen molar-refractivity contribution in [3.8, 4) is 23.0 Å². The maximum atomic E-state index is 13.3. The van der Waals surface area contributed by atoms with Crippen LogP contribution in [0.2, 0.25) is 5.02 Å². The summed E-state index contributed by atoms with van der Waals surface area (Å²) in [6.45, 7) is 2.86. The van der Waals surface area contributed by atoms with Crippen LogP contribution in [0, 0.1) is 0 Å². The number of barbiturate groups is 1. The number of hydrogen-bond acceptors (Lipinski definition) is 7. The Bertz CT molecular complexity index is 1690. The number of anilines is 1. The number of phenolic OH excluding ortho intramolecular Hbond substituents is 1. The minimum atomic E-state index is -0.901. The zero-order valence-electron chi connectivity index (χ0n) is 23.1.